The lowest BCUT2D eigenvalue weighted by molar-refractivity contribution is -0.145. The van der Waals surface area contributed by atoms with E-state index in [4.69, 9.17) is 19.8 Å². The van der Waals surface area contributed by atoms with E-state index in [0.717, 1.165) is 0 Å². The van der Waals surface area contributed by atoms with Gasteiger partial charge >= 0.3 is 5.97 Å². The van der Waals surface area contributed by atoms with Crippen LogP contribution >= 0.6 is 0 Å². The standard InChI is InChI=1S/C12H15NO5/c1-3-9(12(14)15)18-11-6-8(7-13-16)4-5-10(11)17-2/h4-7,9,16H,3H2,1-2H3,(H,14,15). The Bertz CT molecular complexity index is 444. The lowest BCUT2D eigenvalue weighted by Crippen LogP contribution is -2.26. The summed E-state index contributed by atoms with van der Waals surface area (Å²) < 4.78 is 10.4. The van der Waals surface area contributed by atoms with Gasteiger partial charge in [0.15, 0.2) is 17.6 Å². The molecule has 0 bridgehead atoms. The average molecular weight is 253 g/mol. The number of nitrogens with zero attached hydrogens (tertiary/aromatic N) is 1. The van der Waals surface area contributed by atoms with Crippen LogP contribution < -0.4 is 9.47 Å². The number of rotatable bonds is 6. The molecular formula is C12H15NO5. The average Bonchev–Trinajstić information content (AvgIpc) is 2.36. The molecule has 6 heteroatoms. The molecule has 98 valence electrons. The van der Waals surface area contributed by atoms with E-state index in [1.54, 1.807) is 25.1 Å². The summed E-state index contributed by atoms with van der Waals surface area (Å²) in [4.78, 5) is 10.9. The Morgan fingerprint density at radius 3 is 2.72 bits per heavy atom. The number of ether oxygens (including phenoxy) is 2. The van der Waals surface area contributed by atoms with Crippen LogP contribution in [0.2, 0.25) is 0 Å². The quantitative estimate of drug-likeness (QED) is 0.458. The SMILES string of the molecule is CCC(Oc1cc(C=NO)ccc1OC)C(=O)O. The second-order valence-electron chi connectivity index (χ2n) is 3.51. The molecule has 2 N–H and O–H groups in total. The van der Waals surface area contributed by atoms with Crippen molar-refractivity contribution in [1.82, 2.24) is 0 Å². The number of methoxy groups -OCH3 is 1. The molecule has 0 fully saturated rings. The zero-order chi connectivity index (χ0) is 13.5. The molecular weight excluding hydrogens is 238 g/mol. The minimum Gasteiger partial charge on any atom is -0.493 e. The van der Waals surface area contributed by atoms with E-state index >= 15 is 0 Å². The van der Waals surface area contributed by atoms with Gasteiger partial charge in [-0.1, -0.05) is 12.1 Å². The molecule has 1 atom stereocenters. The monoisotopic (exact) mass is 253 g/mol. The highest BCUT2D eigenvalue weighted by Gasteiger charge is 2.19. The van der Waals surface area contributed by atoms with Gasteiger partial charge in [0.05, 0.1) is 13.3 Å². The number of carboxylic acids is 1. The van der Waals surface area contributed by atoms with Crippen LogP contribution in [0.1, 0.15) is 18.9 Å². The Morgan fingerprint density at radius 1 is 1.50 bits per heavy atom. The first-order chi connectivity index (χ1) is 8.62. The molecule has 18 heavy (non-hydrogen) atoms. The van der Waals surface area contributed by atoms with E-state index in [-0.39, 0.29) is 0 Å². The molecule has 0 aliphatic heterocycles. The fraction of sp³-hybridized carbons (Fsp3) is 0.333. The zero-order valence-electron chi connectivity index (χ0n) is 10.2. The summed E-state index contributed by atoms with van der Waals surface area (Å²) in [7, 11) is 1.46. The summed E-state index contributed by atoms with van der Waals surface area (Å²) in [6.07, 6.45) is 0.602. The van der Waals surface area contributed by atoms with E-state index < -0.39 is 12.1 Å². The molecule has 6 nitrogen and oxygen atoms in total. The first-order valence-corrected chi connectivity index (χ1v) is 5.37. The lowest BCUT2D eigenvalue weighted by Gasteiger charge is -2.16. The molecule has 0 spiro atoms. The Labute approximate surface area is 104 Å². The van der Waals surface area contributed by atoms with Crippen LogP contribution in [0.3, 0.4) is 0 Å². The number of hydrogen-bond donors (Lipinski definition) is 2. The molecule has 0 aliphatic rings. The van der Waals surface area contributed by atoms with E-state index in [9.17, 15) is 4.79 Å². The van der Waals surface area contributed by atoms with E-state index in [1.165, 1.54) is 13.3 Å². The summed E-state index contributed by atoms with van der Waals surface area (Å²) in [5.41, 5.74) is 0.577. The predicted octanol–water partition coefficient (Wildman–Crippen LogP) is 1.75. The number of carbonyl (C=O) groups is 1. The van der Waals surface area contributed by atoms with Crippen LogP contribution in [-0.4, -0.2) is 35.7 Å². The predicted molar refractivity (Wildman–Crippen MR) is 64.7 cm³/mol. The van der Waals surface area contributed by atoms with Gasteiger partial charge in [-0.15, -0.1) is 0 Å². The van der Waals surface area contributed by atoms with E-state index in [1.807, 2.05) is 0 Å². The van der Waals surface area contributed by atoms with Crippen molar-refractivity contribution < 1.29 is 24.6 Å². The van der Waals surface area contributed by atoms with Gasteiger partial charge in [0, 0.05) is 5.56 Å². The third kappa shape index (κ3) is 3.38. The molecule has 0 aromatic heterocycles. The van der Waals surface area contributed by atoms with Crippen molar-refractivity contribution in [3.63, 3.8) is 0 Å². The molecule has 0 saturated carbocycles. The van der Waals surface area contributed by atoms with Crippen LogP contribution in [0.5, 0.6) is 11.5 Å². The molecule has 1 rings (SSSR count). The molecule has 1 aromatic rings. The topological polar surface area (TPSA) is 88.4 Å². The number of hydrogen-bond acceptors (Lipinski definition) is 5. The molecule has 1 unspecified atom stereocenters. The summed E-state index contributed by atoms with van der Waals surface area (Å²) in [5.74, 6) is -0.324. The normalized spacial score (nSPS) is 12.3. The minimum absolute atomic E-state index is 0.296. The number of carboxylic acid groups (broad SMARTS) is 1. The van der Waals surface area contributed by atoms with Crippen molar-refractivity contribution in [3.05, 3.63) is 23.8 Å². The van der Waals surface area contributed by atoms with Gasteiger partial charge in [0.2, 0.25) is 0 Å². The molecule has 1 aromatic carbocycles. The number of oxime groups is 1. The zero-order valence-corrected chi connectivity index (χ0v) is 10.2. The Hall–Kier alpha value is -2.24. The summed E-state index contributed by atoms with van der Waals surface area (Å²) in [6, 6.07) is 4.82. The maximum absolute atomic E-state index is 10.9. The maximum atomic E-state index is 10.9. The van der Waals surface area contributed by atoms with Gasteiger partial charge in [-0.2, -0.15) is 0 Å². The van der Waals surface area contributed by atoms with Gasteiger partial charge in [-0.05, 0) is 24.6 Å². The summed E-state index contributed by atoms with van der Waals surface area (Å²) >= 11 is 0. The lowest BCUT2D eigenvalue weighted by atomic mass is 10.2. The van der Waals surface area contributed by atoms with Crippen LogP contribution in [0.15, 0.2) is 23.4 Å². The second-order valence-corrected chi connectivity index (χ2v) is 3.51. The third-order valence-electron chi connectivity index (χ3n) is 2.31. The third-order valence-corrected chi connectivity index (χ3v) is 2.31. The Morgan fingerprint density at radius 2 is 2.22 bits per heavy atom. The molecule has 0 saturated heterocycles. The molecule has 0 heterocycles. The van der Waals surface area contributed by atoms with Gasteiger partial charge in [-0.25, -0.2) is 4.79 Å². The fourth-order valence-corrected chi connectivity index (χ4v) is 1.39. The van der Waals surface area contributed by atoms with Gasteiger partial charge < -0.3 is 19.8 Å². The van der Waals surface area contributed by atoms with Crippen LogP contribution in [0.25, 0.3) is 0 Å². The van der Waals surface area contributed by atoms with Gasteiger partial charge in [-0.3, -0.25) is 0 Å². The first-order valence-electron chi connectivity index (χ1n) is 5.37. The van der Waals surface area contributed by atoms with Crippen molar-refractivity contribution >= 4 is 12.2 Å². The van der Waals surface area contributed by atoms with Gasteiger partial charge in [0.25, 0.3) is 0 Å². The van der Waals surface area contributed by atoms with Crippen molar-refractivity contribution in [3.8, 4) is 11.5 Å². The fourth-order valence-electron chi connectivity index (χ4n) is 1.39. The highest BCUT2D eigenvalue weighted by molar-refractivity contribution is 5.80. The van der Waals surface area contributed by atoms with Crippen LogP contribution in [0.4, 0.5) is 0 Å². The number of benzene rings is 1. The van der Waals surface area contributed by atoms with Gasteiger partial charge in [0.1, 0.15) is 0 Å². The number of aliphatic carboxylic acids is 1. The Kier molecular flexibility index (Phi) is 4.98. The summed E-state index contributed by atoms with van der Waals surface area (Å²) in [6.45, 7) is 1.71. The van der Waals surface area contributed by atoms with E-state index in [2.05, 4.69) is 5.16 Å². The van der Waals surface area contributed by atoms with Crippen molar-refractivity contribution in [1.29, 1.82) is 0 Å². The van der Waals surface area contributed by atoms with Crippen molar-refractivity contribution in [2.24, 2.45) is 5.16 Å². The van der Waals surface area contributed by atoms with Crippen LogP contribution in [-0.2, 0) is 4.79 Å². The second kappa shape index (κ2) is 6.48. The van der Waals surface area contributed by atoms with Crippen molar-refractivity contribution in [2.45, 2.75) is 19.4 Å². The largest absolute Gasteiger partial charge is 0.493 e. The molecule has 0 aliphatic carbocycles. The molecule has 0 amide bonds. The summed E-state index contributed by atoms with van der Waals surface area (Å²) in [5, 5.41) is 20.3. The van der Waals surface area contributed by atoms with Crippen LogP contribution in [0, 0.1) is 0 Å². The maximum Gasteiger partial charge on any atom is 0.344 e. The van der Waals surface area contributed by atoms with Crippen molar-refractivity contribution in [2.75, 3.05) is 7.11 Å². The highest BCUT2D eigenvalue weighted by atomic mass is 16.5. The van der Waals surface area contributed by atoms with E-state index in [0.29, 0.717) is 23.5 Å². The highest BCUT2D eigenvalue weighted by Crippen LogP contribution is 2.29. The first kappa shape index (κ1) is 13.8. The minimum atomic E-state index is -1.04. The smallest absolute Gasteiger partial charge is 0.344 e. The molecule has 0 radical (unpaired) electrons. The Balaban J connectivity index is 3.03.